The Balaban J connectivity index is 1.62. The van der Waals surface area contributed by atoms with Gasteiger partial charge in [0.2, 0.25) is 5.91 Å². The number of nitrogens with two attached hydrogens (primary N) is 1. The number of nitrogens with zero attached hydrogens (tertiary/aromatic N) is 2. The Kier molecular flexibility index (Phi) is 4.98. The SMILES string of the molecule is NC(=O)c1cccc2c1CCCN2C(=O)c1cc2ccccc2n1Cc1ccccc1F. The highest BCUT2D eigenvalue weighted by atomic mass is 19.1. The molecule has 1 aliphatic heterocycles. The maximum Gasteiger partial charge on any atom is 0.274 e. The monoisotopic (exact) mass is 427 g/mol. The molecule has 2 N–H and O–H groups in total. The van der Waals surface area contributed by atoms with Crippen LogP contribution in [0.15, 0.2) is 72.8 Å². The van der Waals surface area contributed by atoms with E-state index in [9.17, 15) is 14.0 Å². The normalized spacial score (nSPS) is 13.2. The Morgan fingerprint density at radius 1 is 0.969 bits per heavy atom. The highest BCUT2D eigenvalue weighted by Gasteiger charge is 2.28. The molecule has 5 rings (SSSR count). The van der Waals surface area contributed by atoms with Gasteiger partial charge in [0.05, 0.1) is 6.54 Å². The van der Waals surface area contributed by atoms with Crippen LogP contribution in [0.4, 0.5) is 10.1 Å². The molecule has 6 heteroatoms. The molecule has 4 aromatic rings. The average Bonchev–Trinajstić information content (AvgIpc) is 3.17. The minimum atomic E-state index is -0.496. The number of rotatable bonds is 4. The van der Waals surface area contributed by atoms with E-state index in [1.807, 2.05) is 41.0 Å². The van der Waals surface area contributed by atoms with Gasteiger partial charge in [0, 0.05) is 34.3 Å². The van der Waals surface area contributed by atoms with Gasteiger partial charge in [-0.2, -0.15) is 0 Å². The molecule has 160 valence electrons. The zero-order valence-electron chi connectivity index (χ0n) is 17.4. The molecule has 0 spiro atoms. The van der Waals surface area contributed by atoms with Crippen LogP contribution in [0.1, 0.15) is 38.4 Å². The molecule has 5 nitrogen and oxygen atoms in total. The molecule has 0 fully saturated rings. The zero-order chi connectivity index (χ0) is 22.2. The summed E-state index contributed by atoms with van der Waals surface area (Å²) in [6.45, 7) is 0.776. The van der Waals surface area contributed by atoms with Gasteiger partial charge in [-0.05, 0) is 48.7 Å². The largest absolute Gasteiger partial charge is 0.366 e. The van der Waals surface area contributed by atoms with Gasteiger partial charge in [0.15, 0.2) is 0 Å². The Hall–Kier alpha value is -3.93. The number of anilines is 1. The van der Waals surface area contributed by atoms with Crippen molar-refractivity contribution in [1.82, 2.24) is 4.57 Å². The smallest absolute Gasteiger partial charge is 0.274 e. The highest BCUT2D eigenvalue weighted by Crippen LogP contribution is 2.32. The summed E-state index contributed by atoms with van der Waals surface area (Å²) in [5.74, 6) is -0.983. The second-order valence-electron chi connectivity index (χ2n) is 7.99. The maximum atomic E-state index is 14.4. The molecule has 2 heterocycles. The molecular formula is C26H22FN3O2. The molecule has 0 saturated carbocycles. The van der Waals surface area contributed by atoms with Crippen molar-refractivity contribution in [3.63, 3.8) is 0 Å². The van der Waals surface area contributed by atoms with E-state index in [2.05, 4.69) is 0 Å². The van der Waals surface area contributed by atoms with Gasteiger partial charge < -0.3 is 15.2 Å². The van der Waals surface area contributed by atoms with Gasteiger partial charge in [-0.3, -0.25) is 9.59 Å². The van der Waals surface area contributed by atoms with E-state index in [1.165, 1.54) is 6.07 Å². The van der Waals surface area contributed by atoms with Crippen LogP contribution in [0.5, 0.6) is 0 Å². The molecule has 3 aromatic carbocycles. The average molecular weight is 427 g/mol. The van der Waals surface area contributed by atoms with Crippen molar-refractivity contribution in [2.45, 2.75) is 19.4 Å². The van der Waals surface area contributed by atoms with Crippen molar-refractivity contribution < 1.29 is 14.0 Å². The number of carbonyl (C=O) groups is 2. The third kappa shape index (κ3) is 3.34. The second kappa shape index (κ2) is 7.96. The summed E-state index contributed by atoms with van der Waals surface area (Å²) in [6, 6.07) is 21.4. The fourth-order valence-corrected chi connectivity index (χ4v) is 4.56. The van der Waals surface area contributed by atoms with E-state index in [0.29, 0.717) is 35.5 Å². The van der Waals surface area contributed by atoms with Crippen LogP contribution in [-0.2, 0) is 13.0 Å². The number of carbonyl (C=O) groups excluding carboxylic acids is 2. The Morgan fingerprint density at radius 2 is 1.75 bits per heavy atom. The quantitative estimate of drug-likeness (QED) is 0.520. The summed E-state index contributed by atoms with van der Waals surface area (Å²) in [6.07, 6.45) is 1.42. The van der Waals surface area contributed by atoms with Crippen molar-refractivity contribution >= 4 is 28.4 Å². The van der Waals surface area contributed by atoms with Crippen LogP contribution >= 0.6 is 0 Å². The number of para-hydroxylation sites is 1. The molecule has 2 amide bonds. The van der Waals surface area contributed by atoms with Gasteiger partial charge >= 0.3 is 0 Å². The van der Waals surface area contributed by atoms with Crippen LogP contribution < -0.4 is 10.6 Å². The van der Waals surface area contributed by atoms with Crippen molar-refractivity contribution in [2.24, 2.45) is 5.73 Å². The lowest BCUT2D eigenvalue weighted by Gasteiger charge is -2.30. The first-order valence-corrected chi connectivity index (χ1v) is 10.6. The lowest BCUT2D eigenvalue weighted by Crippen LogP contribution is -2.37. The zero-order valence-corrected chi connectivity index (χ0v) is 17.4. The second-order valence-corrected chi connectivity index (χ2v) is 7.99. The minimum absolute atomic E-state index is 0.180. The Bertz CT molecular complexity index is 1360. The Labute approximate surface area is 184 Å². The van der Waals surface area contributed by atoms with E-state index in [4.69, 9.17) is 5.73 Å². The molecule has 0 unspecified atom stereocenters. The lowest BCUT2D eigenvalue weighted by molar-refractivity contribution is 0.0971. The highest BCUT2D eigenvalue weighted by molar-refractivity contribution is 6.09. The molecular weight excluding hydrogens is 405 g/mol. The van der Waals surface area contributed by atoms with E-state index in [1.54, 1.807) is 35.2 Å². The van der Waals surface area contributed by atoms with Gasteiger partial charge in [-0.1, -0.05) is 42.5 Å². The molecule has 1 aromatic heterocycles. The fraction of sp³-hybridized carbons (Fsp3) is 0.154. The summed E-state index contributed by atoms with van der Waals surface area (Å²) in [5, 5.41) is 0.912. The van der Waals surface area contributed by atoms with Gasteiger partial charge in [-0.25, -0.2) is 4.39 Å². The van der Waals surface area contributed by atoms with E-state index < -0.39 is 5.91 Å². The van der Waals surface area contributed by atoms with Gasteiger partial charge in [0.25, 0.3) is 5.91 Å². The Morgan fingerprint density at radius 3 is 2.56 bits per heavy atom. The van der Waals surface area contributed by atoms with Crippen LogP contribution in [0.25, 0.3) is 10.9 Å². The third-order valence-electron chi connectivity index (χ3n) is 6.08. The van der Waals surface area contributed by atoms with Crippen molar-refractivity contribution in [1.29, 1.82) is 0 Å². The summed E-state index contributed by atoms with van der Waals surface area (Å²) in [4.78, 5) is 27.4. The molecule has 0 saturated heterocycles. The molecule has 0 bridgehead atoms. The standard InChI is InChI=1S/C26H22FN3O2/c27-21-11-3-1-8-18(21)16-30-22-12-4-2-7-17(22)15-24(30)26(32)29-14-6-10-19-20(25(28)31)9-5-13-23(19)29/h1-5,7-9,11-13,15H,6,10,14,16H2,(H2,28,31). The molecule has 0 atom stereocenters. The van der Waals surface area contributed by atoms with Crippen LogP contribution in [0.2, 0.25) is 0 Å². The van der Waals surface area contributed by atoms with Gasteiger partial charge in [0.1, 0.15) is 11.5 Å². The van der Waals surface area contributed by atoms with E-state index >= 15 is 0 Å². The first-order valence-electron chi connectivity index (χ1n) is 10.6. The summed E-state index contributed by atoms with van der Waals surface area (Å²) >= 11 is 0. The number of benzene rings is 3. The number of hydrogen-bond acceptors (Lipinski definition) is 2. The predicted molar refractivity (Wildman–Crippen MR) is 122 cm³/mol. The van der Waals surface area contributed by atoms with Crippen molar-refractivity contribution in [3.8, 4) is 0 Å². The number of amides is 2. The fourth-order valence-electron chi connectivity index (χ4n) is 4.56. The number of hydrogen-bond donors (Lipinski definition) is 1. The molecule has 32 heavy (non-hydrogen) atoms. The number of fused-ring (bicyclic) bond motifs is 2. The van der Waals surface area contributed by atoms with Crippen LogP contribution in [0.3, 0.4) is 0 Å². The number of halogens is 1. The maximum absolute atomic E-state index is 14.4. The predicted octanol–water partition coefficient (Wildman–Crippen LogP) is 4.52. The van der Waals surface area contributed by atoms with E-state index in [-0.39, 0.29) is 18.3 Å². The minimum Gasteiger partial charge on any atom is -0.366 e. The van der Waals surface area contributed by atoms with Crippen LogP contribution in [0, 0.1) is 5.82 Å². The number of aromatic nitrogens is 1. The summed E-state index contributed by atoms with van der Waals surface area (Å²) in [5.41, 5.74) is 9.38. The molecule has 0 radical (unpaired) electrons. The summed E-state index contributed by atoms with van der Waals surface area (Å²) < 4.78 is 16.3. The first-order chi connectivity index (χ1) is 15.5. The summed E-state index contributed by atoms with van der Waals surface area (Å²) in [7, 11) is 0. The molecule has 0 aliphatic carbocycles. The molecule has 1 aliphatic rings. The van der Waals surface area contributed by atoms with Crippen molar-refractivity contribution in [3.05, 3.63) is 101 Å². The van der Waals surface area contributed by atoms with Gasteiger partial charge in [-0.15, -0.1) is 0 Å². The number of primary amides is 1. The lowest BCUT2D eigenvalue weighted by atomic mass is 9.95. The topological polar surface area (TPSA) is 68.3 Å². The van der Waals surface area contributed by atoms with E-state index in [0.717, 1.165) is 22.9 Å². The first kappa shape index (κ1) is 20.0. The third-order valence-corrected chi connectivity index (χ3v) is 6.08. The van der Waals surface area contributed by atoms with Crippen LogP contribution in [-0.4, -0.2) is 22.9 Å². The van der Waals surface area contributed by atoms with Crippen molar-refractivity contribution in [2.75, 3.05) is 11.4 Å².